The average molecular weight is 219 g/mol. The Hall–Kier alpha value is -0.120. The molecule has 0 bridgehead atoms. The van der Waals surface area contributed by atoms with Crippen LogP contribution in [0, 0.1) is 0 Å². The Labute approximate surface area is 74.4 Å². The van der Waals surface area contributed by atoms with Crippen LogP contribution in [0.5, 0.6) is 0 Å². The molecule has 11 heavy (non-hydrogen) atoms. The molecule has 1 aliphatic carbocycles. The van der Waals surface area contributed by atoms with Gasteiger partial charge in [0.1, 0.15) is 0 Å². The highest BCUT2D eigenvalue weighted by Crippen LogP contribution is 2.31. The highest BCUT2D eigenvalue weighted by atomic mass is 79.9. The molecule has 0 heterocycles. The first kappa shape index (κ1) is 8.97. The zero-order chi connectivity index (χ0) is 8.43. The fourth-order valence-electron chi connectivity index (χ4n) is 1.16. The average Bonchev–Trinajstić information content (AvgIpc) is 2.17. The summed E-state index contributed by atoms with van der Waals surface area (Å²) in [6, 6.07) is 0. The largest absolute Gasteiger partial charge is 0.388 e. The van der Waals surface area contributed by atoms with Crippen LogP contribution in [0.25, 0.3) is 0 Å². The third-order valence-corrected chi connectivity index (χ3v) is 2.71. The molecule has 0 saturated carbocycles. The maximum absolute atomic E-state index is 9.36. The van der Waals surface area contributed by atoms with Crippen molar-refractivity contribution in [1.82, 2.24) is 0 Å². The van der Waals surface area contributed by atoms with Gasteiger partial charge in [-0.05, 0) is 12.5 Å². The highest BCUT2D eigenvalue weighted by Gasteiger charge is 2.27. The highest BCUT2D eigenvalue weighted by molar-refractivity contribution is 9.11. The number of hydrogen-bond acceptors (Lipinski definition) is 2. The Morgan fingerprint density at radius 2 is 2.09 bits per heavy atom. The Kier molecular flexibility index (Phi) is 2.87. The number of halogens is 1. The molecular formula is C8H11BrO2. The van der Waals surface area contributed by atoms with Crippen LogP contribution < -0.4 is 0 Å². The van der Waals surface area contributed by atoms with Gasteiger partial charge in [0.2, 0.25) is 0 Å². The second-order valence-corrected chi connectivity index (χ2v) is 3.42. The van der Waals surface area contributed by atoms with Crippen LogP contribution >= 0.6 is 15.9 Å². The third kappa shape index (κ3) is 1.72. The number of allylic oxidation sites excluding steroid dienone is 1. The fourth-order valence-corrected chi connectivity index (χ4v) is 1.75. The lowest BCUT2D eigenvalue weighted by molar-refractivity contribution is 0.148. The number of rotatable bonds is 1. The molecule has 0 amide bonds. The quantitative estimate of drug-likeness (QED) is 0.698. The molecule has 2 nitrogen and oxygen atoms in total. The summed E-state index contributed by atoms with van der Waals surface area (Å²) in [6.45, 7) is 1.88. The maximum Gasteiger partial charge on any atom is 0.0886 e. The van der Waals surface area contributed by atoms with Gasteiger partial charge in [-0.25, -0.2) is 0 Å². The van der Waals surface area contributed by atoms with Gasteiger partial charge >= 0.3 is 0 Å². The van der Waals surface area contributed by atoms with E-state index in [1.807, 2.05) is 19.1 Å². The van der Waals surface area contributed by atoms with Crippen molar-refractivity contribution < 1.29 is 10.2 Å². The molecule has 0 fully saturated rings. The minimum Gasteiger partial charge on any atom is -0.388 e. The molecule has 0 radical (unpaired) electrons. The van der Waals surface area contributed by atoms with Crippen LogP contribution in [-0.2, 0) is 0 Å². The molecule has 1 aliphatic rings. The van der Waals surface area contributed by atoms with Gasteiger partial charge in [-0.3, -0.25) is 0 Å². The van der Waals surface area contributed by atoms with E-state index in [0.717, 1.165) is 5.57 Å². The lowest BCUT2D eigenvalue weighted by Gasteiger charge is -2.01. The summed E-state index contributed by atoms with van der Waals surface area (Å²) in [5.41, 5.74) is 0.792. The van der Waals surface area contributed by atoms with Gasteiger partial charge in [-0.1, -0.05) is 28.1 Å². The van der Waals surface area contributed by atoms with Crippen LogP contribution in [0.15, 0.2) is 22.2 Å². The van der Waals surface area contributed by atoms with E-state index in [4.69, 9.17) is 0 Å². The summed E-state index contributed by atoms with van der Waals surface area (Å²) < 4.78 is 0.711. The number of aliphatic hydroxyl groups excluding tert-OH is 2. The topological polar surface area (TPSA) is 40.5 Å². The molecule has 0 aromatic heterocycles. The van der Waals surface area contributed by atoms with Crippen molar-refractivity contribution >= 4 is 15.9 Å². The Balaban J connectivity index is 2.87. The van der Waals surface area contributed by atoms with Crippen molar-refractivity contribution in [2.75, 3.05) is 0 Å². The Morgan fingerprint density at radius 1 is 1.45 bits per heavy atom. The van der Waals surface area contributed by atoms with Gasteiger partial charge in [0.05, 0.1) is 12.2 Å². The van der Waals surface area contributed by atoms with Gasteiger partial charge < -0.3 is 10.2 Å². The summed E-state index contributed by atoms with van der Waals surface area (Å²) in [6.07, 6.45) is 3.01. The normalized spacial score (nSPS) is 32.4. The number of hydrogen-bond donors (Lipinski definition) is 2. The summed E-state index contributed by atoms with van der Waals surface area (Å²) in [4.78, 5) is 0. The van der Waals surface area contributed by atoms with Gasteiger partial charge in [-0.2, -0.15) is 0 Å². The molecule has 0 saturated heterocycles. The number of aliphatic hydroxyl groups is 2. The predicted molar refractivity (Wildman–Crippen MR) is 47.4 cm³/mol. The third-order valence-electron chi connectivity index (χ3n) is 1.72. The van der Waals surface area contributed by atoms with Gasteiger partial charge in [0.25, 0.3) is 0 Å². The molecule has 1 rings (SSSR count). The first-order chi connectivity index (χ1) is 5.16. The SMILES string of the molecule is C/C=C/C1=C(Br)[C@@H](O)C[C@@H]1O. The first-order valence-electron chi connectivity index (χ1n) is 3.55. The lowest BCUT2D eigenvalue weighted by Crippen LogP contribution is -2.07. The van der Waals surface area contributed by atoms with E-state index < -0.39 is 12.2 Å². The van der Waals surface area contributed by atoms with Crippen LogP contribution in [0.2, 0.25) is 0 Å². The van der Waals surface area contributed by atoms with E-state index >= 15 is 0 Å². The second kappa shape index (κ2) is 3.52. The molecule has 3 heteroatoms. The monoisotopic (exact) mass is 218 g/mol. The predicted octanol–water partition coefficient (Wildman–Crippen LogP) is 1.34. The minimum atomic E-state index is -0.531. The molecule has 0 unspecified atom stereocenters. The molecule has 0 aliphatic heterocycles. The van der Waals surface area contributed by atoms with Crippen LogP contribution in [0.4, 0.5) is 0 Å². The zero-order valence-electron chi connectivity index (χ0n) is 6.29. The van der Waals surface area contributed by atoms with E-state index in [9.17, 15) is 10.2 Å². The summed E-state index contributed by atoms with van der Waals surface area (Å²) in [7, 11) is 0. The minimum absolute atomic E-state index is 0.403. The van der Waals surface area contributed by atoms with Crippen LogP contribution in [0.1, 0.15) is 13.3 Å². The van der Waals surface area contributed by atoms with Crippen molar-refractivity contribution in [2.45, 2.75) is 25.6 Å². The fraction of sp³-hybridized carbons (Fsp3) is 0.500. The molecule has 0 aromatic carbocycles. The zero-order valence-corrected chi connectivity index (χ0v) is 7.87. The van der Waals surface area contributed by atoms with Crippen molar-refractivity contribution in [3.05, 3.63) is 22.2 Å². The van der Waals surface area contributed by atoms with E-state index in [1.165, 1.54) is 0 Å². The Bertz CT molecular complexity index is 208. The first-order valence-corrected chi connectivity index (χ1v) is 4.34. The van der Waals surface area contributed by atoms with Crippen molar-refractivity contribution in [3.8, 4) is 0 Å². The molecule has 62 valence electrons. The van der Waals surface area contributed by atoms with E-state index in [2.05, 4.69) is 15.9 Å². The Morgan fingerprint density at radius 3 is 2.45 bits per heavy atom. The van der Waals surface area contributed by atoms with E-state index in [0.29, 0.717) is 10.9 Å². The van der Waals surface area contributed by atoms with Crippen molar-refractivity contribution in [1.29, 1.82) is 0 Å². The van der Waals surface area contributed by atoms with Crippen molar-refractivity contribution in [2.24, 2.45) is 0 Å². The summed E-state index contributed by atoms with van der Waals surface area (Å²) >= 11 is 3.23. The molecule has 2 N–H and O–H groups in total. The van der Waals surface area contributed by atoms with Gasteiger partial charge in [-0.15, -0.1) is 0 Å². The summed E-state index contributed by atoms with van der Waals surface area (Å²) in [5.74, 6) is 0. The smallest absolute Gasteiger partial charge is 0.0886 e. The molecular weight excluding hydrogens is 208 g/mol. The standard InChI is InChI=1S/C8H11BrO2/c1-2-3-5-6(10)4-7(11)8(5)9/h2-3,6-7,10-11H,4H2,1H3/b3-2+/t6-,7-/m0/s1. The van der Waals surface area contributed by atoms with Crippen LogP contribution in [-0.4, -0.2) is 22.4 Å². The van der Waals surface area contributed by atoms with Crippen LogP contribution in [0.3, 0.4) is 0 Å². The maximum atomic E-state index is 9.36. The lowest BCUT2D eigenvalue weighted by atomic mass is 10.2. The van der Waals surface area contributed by atoms with Gasteiger partial charge in [0.15, 0.2) is 0 Å². The van der Waals surface area contributed by atoms with E-state index in [1.54, 1.807) is 0 Å². The van der Waals surface area contributed by atoms with Gasteiger partial charge in [0, 0.05) is 10.9 Å². The van der Waals surface area contributed by atoms with Crippen molar-refractivity contribution in [3.63, 3.8) is 0 Å². The summed E-state index contributed by atoms with van der Waals surface area (Å²) in [5, 5.41) is 18.6. The molecule has 2 atom stereocenters. The van der Waals surface area contributed by atoms with E-state index in [-0.39, 0.29) is 0 Å². The second-order valence-electron chi connectivity index (χ2n) is 2.57. The molecule has 0 spiro atoms. The molecule has 0 aromatic rings.